The molecule has 0 aliphatic rings. The average molecular weight is 313 g/mol. The Bertz CT molecular complexity index is 518. The van der Waals surface area contributed by atoms with Gasteiger partial charge in [0.25, 0.3) is 0 Å². The fourth-order valence-corrected chi connectivity index (χ4v) is 2.18. The van der Waals surface area contributed by atoms with Gasteiger partial charge in [-0.3, -0.25) is 4.79 Å². The third-order valence-corrected chi connectivity index (χ3v) is 3.76. The first-order valence-electron chi connectivity index (χ1n) is 6.44. The lowest BCUT2D eigenvalue weighted by Gasteiger charge is -2.15. The van der Waals surface area contributed by atoms with E-state index in [1.165, 1.54) is 30.0 Å². The van der Waals surface area contributed by atoms with Crippen molar-refractivity contribution in [1.82, 2.24) is 5.32 Å². The molecule has 0 saturated carbocycles. The second kappa shape index (κ2) is 7.78. The Morgan fingerprint density at radius 2 is 1.90 bits per heavy atom. The zero-order valence-electron chi connectivity index (χ0n) is 11.9. The van der Waals surface area contributed by atoms with Gasteiger partial charge in [0.15, 0.2) is 11.5 Å². The monoisotopic (exact) mass is 313 g/mol. The number of aromatic hydroxyl groups is 2. The SMILES string of the molecule is CC(C)SCC(=O)NC(Cc1ccc(O)c(O)c1)C(=O)O. The molecule has 0 saturated heterocycles. The number of nitrogens with one attached hydrogen (secondary N) is 1. The van der Waals surface area contributed by atoms with Crippen molar-refractivity contribution in [1.29, 1.82) is 0 Å². The van der Waals surface area contributed by atoms with Crippen LogP contribution in [-0.4, -0.2) is 44.2 Å². The van der Waals surface area contributed by atoms with Crippen LogP contribution in [0.5, 0.6) is 11.5 Å². The van der Waals surface area contributed by atoms with Crippen molar-refractivity contribution in [2.45, 2.75) is 31.6 Å². The van der Waals surface area contributed by atoms with Crippen LogP contribution >= 0.6 is 11.8 Å². The molecule has 4 N–H and O–H groups in total. The van der Waals surface area contributed by atoms with Gasteiger partial charge in [0.1, 0.15) is 6.04 Å². The van der Waals surface area contributed by atoms with Gasteiger partial charge in [-0.25, -0.2) is 4.79 Å². The van der Waals surface area contributed by atoms with Gasteiger partial charge in [-0.05, 0) is 22.9 Å². The molecule has 0 aromatic heterocycles. The summed E-state index contributed by atoms with van der Waals surface area (Å²) in [6.45, 7) is 3.90. The number of hydrogen-bond acceptors (Lipinski definition) is 5. The highest BCUT2D eigenvalue weighted by molar-refractivity contribution is 8.00. The Kier molecular flexibility index (Phi) is 6.36. The third kappa shape index (κ3) is 5.95. The molecule has 0 bridgehead atoms. The average Bonchev–Trinajstić information content (AvgIpc) is 2.39. The molecule has 1 aromatic carbocycles. The quantitative estimate of drug-likeness (QED) is 0.566. The minimum atomic E-state index is -1.15. The van der Waals surface area contributed by atoms with Crippen LogP contribution in [0.1, 0.15) is 19.4 Å². The molecular weight excluding hydrogens is 294 g/mol. The zero-order valence-corrected chi connectivity index (χ0v) is 12.7. The number of carbonyl (C=O) groups excluding carboxylic acids is 1. The Labute approximate surface area is 127 Å². The summed E-state index contributed by atoms with van der Waals surface area (Å²) in [5, 5.41) is 30.5. The summed E-state index contributed by atoms with van der Waals surface area (Å²) in [6, 6.07) is 2.98. The lowest BCUT2D eigenvalue weighted by atomic mass is 10.1. The van der Waals surface area contributed by atoms with Crippen molar-refractivity contribution in [2.75, 3.05) is 5.75 Å². The summed E-state index contributed by atoms with van der Waals surface area (Å²) in [5.41, 5.74) is 0.509. The van der Waals surface area contributed by atoms with E-state index in [4.69, 9.17) is 5.11 Å². The van der Waals surface area contributed by atoms with Crippen LogP contribution in [0.4, 0.5) is 0 Å². The number of thioether (sulfide) groups is 1. The van der Waals surface area contributed by atoms with Crippen LogP contribution < -0.4 is 5.32 Å². The van der Waals surface area contributed by atoms with E-state index in [2.05, 4.69) is 5.32 Å². The van der Waals surface area contributed by atoms with Crippen molar-refractivity contribution in [3.05, 3.63) is 23.8 Å². The molecule has 0 fully saturated rings. The van der Waals surface area contributed by atoms with E-state index < -0.39 is 12.0 Å². The first-order valence-corrected chi connectivity index (χ1v) is 7.49. The van der Waals surface area contributed by atoms with Gasteiger partial charge in [0.05, 0.1) is 5.75 Å². The van der Waals surface area contributed by atoms with Crippen molar-refractivity contribution in [3.8, 4) is 11.5 Å². The van der Waals surface area contributed by atoms with Crippen molar-refractivity contribution < 1.29 is 24.9 Å². The summed E-state index contributed by atoms with van der Waals surface area (Å²) < 4.78 is 0. The minimum absolute atomic E-state index is 0.0290. The second-order valence-corrected chi connectivity index (χ2v) is 6.41. The largest absolute Gasteiger partial charge is 0.504 e. The molecule has 21 heavy (non-hydrogen) atoms. The number of carboxylic acids is 1. The van der Waals surface area contributed by atoms with E-state index in [-0.39, 0.29) is 34.8 Å². The molecule has 0 radical (unpaired) electrons. The normalized spacial score (nSPS) is 12.1. The molecule has 1 amide bonds. The molecule has 0 aliphatic heterocycles. The summed E-state index contributed by atoms with van der Waals surface area (Å²) in [4.78, 5) is 22.9. The number of benzene rings is 1. The summed E-state index contributed by atoms with van der Waals surface area (Å²) in [6.07, 6.45) is 0.0290. The molecular formula is C14H19NO5S. The highest BCUT2D eigenvalue weighted by Gasteiger charge is 2.21. The van der Waals surface area contributed by atoms with Crippen LogP contribution in [0.3, 0.4) is 0 Å². The third-order valence-electron chi connectivity index (χ3n) is 2.66. The van der Waals surface area contributed by atoms with Crippen LogP contribution in [0.15, 0.2) is 18.2 Å². The smallest absolute Gasteiger partial charge is 0.326 e. The molecule has 6 nitrogen and oxygen atoms in total. The summed E-state index contributed by atoms with van der Waals surface area (Å²) in [7, 11) is 0. The first kappa shape index (κ1) is 17.2. The number of hydrogen-bond donors (Lipinski definition) is 4. The van der Waals surface area contributed by atoms with Gasteiger partial charge in [-0.1, -0.05) is 19.9 Å². The van der Waals surface area contributed by atoms with E-state index in [0.717, 1.165) is 0 Å². The van der Waals surface area contributed by atoms with Gasteiger partial charge >= 0.3 is 5.97 Å². The fraction of sp³-hybridized carbons (Fsp3) is 0.429. The lowest BCUT2D eigenvalue weighted by molar-refractivity contribution is -0.141. The molecule has 0 heterocycles. The van der Waals surface area contributed by atoms with Gasteiger partial charge < -0.3 is 20.6 Å². The number of aliphatic carboxylic acids is 1. The highest BCUT2D eigenvalue weighted by Crippen LogP contribution is 2.25. The molecule has 116 valence electrons. The number of phenols is 2. The van der Waals surface area contributed by atoms with Crippen LogP contribution in [-0.2, 0) is 16.0 Å². The minimum Gasteiger partial charge on any atom is -0.504 e. The van der Waals surface area contributed by atoms with Gasteiger partial charge in [-0.15, -0.1) is 11.8 Å². The topological polar surface area (TPSA) is 107 Å². The predicted molar refractivity (Wildman–Crippen MR) is 80.6 cm³/mol. The lowest BCUT2D eigenvalue weighted by Crippen LogP contribution is -2.43. The first-order chi connectivity index (χ1) is 9.79. The maximum absolute atomic E-state index is 11.7. The van der Waals surface area contributed by atoms with E-state index in [9.17, 15) is 19.8 Å². The van der Waals surface area contributed by atoms with Gasteiger partial charge in [0, 0.05) is 6.42 Å². The molecule has 0 aliphatic carbocycles. The molecule has 0 spiro atoms. The molecule has 1 rings (SSSR count). The van der Waals surface area contributed by atoms with Crippen molar-refractivity contribution in [3.63, 3.8) is 0 Å². The van der Waals surface area contributed by atoms with E-state index >= 15 is 0 Å². The fourth-order valence-electron chi connectivity index (χ4n) is 1.61. The molecule has 1 aromatic rings. The number of carboxylic acid groups (broad SMARTS) is 1. The van der Waals surface area contributed by atoms with Crippen molar-refractivity contribution in [2.24, 2.45) is 0 Å². The maximum atomic E-state index is 11.7. The van der Waals surface area contributed by atoms with Crippen molar-refractivity contribution >= 4 is 23.6 Å². The standard InChI is InChI=1S/C14H19NO5S/c1-8(2)21-7-13(18)15-10(14(19)20)5-9-3-4-11(16)12(17)6-9/h3-4,6,8,10,16-17H,5,7H2,1-2H3,(H,15,18)(H,19,20). The van der Waals surface area contributed by atoms with E-state index in [1.54, 1.807) is 0 Å². The predicted octanol–water partition coefficient (Wildman–Crippen LogP) is 1.35. The van der Waals surface area contributed by atoms with E-state index in [1.807, 2.05) is 13.8 Å². The van der Waals surface area contributed by atoms with Gasteiger partial charge in [-0.2, -0.15) is 0 Å². The summed E-state index contributed by atoms with van der Waals surface area (Å²) >= 11 is 1.43. The second-order valence-electron chi connectivity index (χ2n) is 4.85. The van der Waals surface area contributed by atoms with Crippen LogP contribution in [0, 0.1) is 0 Å². The molecule has 1 unspecified atom stereocenters. The Morgan fingerprint density at radius 1 is 1.24 bits per heavy atom. The zero-order chi connectivity index (χ0) is 16.0. The number of amides is 1. The maximum Gasteiger partial charge on any atom is 0.326 e. The molecule has 1 atom stereocenters. The summed E-state index contributed by atoms with van der Waals surface area (Å²) in [5.74, 6) is -1.89. The number of rotatable bonds is 7. The molecule has 7 heteroatoms. The van der Waals surface area contributed by atoms with E-state index in [0.29, 0.717) is 5.56 Å². The van der Waals surface area contributed by atoms with Gasteiger partial charge in [0.2, 0.25) is 5.91 Å². The number of carbonyl (C=O) groups is 2. The van der Waals surface area contributed by atoms with Crippen LogP contribution in [0.2, 0.25) is 0 Å². The number of phenolic OH excluding ortho intramolecular Hbond substituents is 2. The Hall–Kier alpha value is -1.89. The highest BCUT2D eigenvalue weighted by atomic mass is 32.2. The Morgan fingerprint density at radius 3 is 2.43 bits per heavy atom. The Balaban J connectivity index is 2.67. The van der Waals surface area contributed by atoms with Crippen LogP contribution in [0.25, 0.3) is 0 Å².